The number of Topliss-reactive ketones (excluding diaryl/α,β-unsaturated/α-hetero) is 1. The van der Waals surface area contributed by atoms with Crippen molar-refractivity contribution in [2.75, 3.05) is 6.61 Å². The largest absolute Gasteiger partial charge is 0.465 e. The van der Waals surface area contributed by atoms with Gasteiger partial charge in [-0.15, -0.1) is 0 Å². The molecule has 2 saturated carbocycles. The number of ketones is 1. The van der Waals surface area contributed by atoms with E-state index in [1.807, 2.05) is 0 Å². The van der Waals surface area contributed by atoms with Crippen LogP contribution in [-0.4, -0.2) is 18.4 Å². The molecule has 114 valence electrons. The molecule has 3 heteroatoms. The first-order valence-electron chi connectivity index (χ1n) is 8.36. The highest BCUT2D eigenvalue weighted by Crippen LogP contribution is 2.45. The Hall–Kier alpha value is -0.860. The van der Waals surface area contributed by atoms with E-state index in [4.69, 9.17) is 4.74 Å². The summed E-state index contributed by atoms with van der Waals surface area (Å²) in [6, 6.07) is 0. The minimum atomic E-state index is -0.486. The van der Waals surface area contributed by atoms with Crippen LogP contribution in [0, 0.1) is 11.3 Å². The van der Waals surface area contributed by atoms with Crippen molar-refractivity contribution in [3.8, 4) is 0 Å². The van der Waals surface area contributed by atoms with Gasteiger partial charge in [-0.25, -0.2) is 0 Å². The van der Waals surface area contributed by atoms with E-state index >= 15 is 0 Å². The first kappa shape index (κ1) is 15.5. The van der Waals surface area contributed by atoms with Gasteiger partial charge in [-0.2, -0.15) is 0 Å². The molecule has 0 aromatic rings. The Labute approximate surface area is 122 Å². The van der Waals surface area contributed by atoms with Crippen LogP contribution in [0.15, 0.2) is 0 Å². The van der Waals surface area contributed by atoms with E-state index in [2.05, 4.69) is 0 Å². The van der Waals surface area contributed by atoms with Gasteiger partial charge in [0.15, 0.2) is 0 Å². The van der Waals surface area contributed by atoms with Gasteiger partial charge in [0, 0.05) is 6.42 Å². The van der Waals surface area contributed by atoms with Gasteiger partial charge < -0.3 is 4.74 Å². The average Bonchev–Trinajstić information content (AvgIpc) is 2.56. The number of rotatable bonds is 2. The van der Waals surface area contributed by atoms with Crippen LogP contribution in [0.25, 0.3) is 0 Å². The Bertz CT molecular complexity index is 340. The topological polar surface area (TPSA) is 43.4 Å². The van der Waals surface area contributed by atoms with Gasteiger partial charge in [0.25, 0.3) is 0 Å². The fourth-order valence-corrected chi connectivity index (χ4v) is 3.95. The maximum Gasteiger partial charge on any atom is 0.316 e. The molecule has 0 heterocycles. The van der Waals surface area contributed by atoms with E-state index in [-0.39, 0.29) is 11.8 Å². The van der Waals surface area contributed by atoms with Crippen LogP contribution >= 0.6 is 0 Å². The third-order valence-corrected chi connectivity index (χ3v) is 5.24. The average molecular weight is 280 g/mol. The maximum atomic E-state index is 12.2. The van der Waals surface area contributed by atoms with Crippen molar-refractivity contribution in [1.82, 2.24) is 0 Å². The van der Waals surface area contributed by atoms with E-state index in [1.165, 1.54) is 44.9 Å². The van der Waals surface area contributed by atoms with Crippen molar-refractivity contribution < 1.29 is 14.3 Å². The fraction of sp³-hybridized carbons (Fsp3) is 0.882. The highest BCUT2D eigenvalue weighted by atomic mass is 16.5. The highest BCUT2D eigenvalue weighted by molar-refractivity contribution is 5.99. The van der Waals surface area contributed by atoms with E-state index in [1.54, 1.807) is 6.92 Å². The summed E-state index contributed by atoms with van der Waals surface area (Å²) < 4.78 is 5.07. The zero-order chi connectivity index (χ0) is 14.4. The molecule has 1 spiro atoms. The Kier molecular flexibility index (Phi) is 5.62. The van der Waals surface area contributed by atoms with Gasteiger partial charge in [-0.1, -0.05) is 32.1 Å². The molecule has 0 radical (unpaired) electrons. The Morgan fingerprint density at radius 2 is 1.75 bits per heavy atom. The highest BCUT2D eigenvalue weighted by Gasteiger charge is 2.38. The molecule has 0 N–H and O–H groups in total. The lowest BCUT2D eigenvalue weighted by molar-refractivity contribution is -0.151. The van der Waals surface area contributed by atoms with Crippen LogP contribution in [0.4, 0.5) is 0 Å². The van der Waals surface area contributed by atoms with Gasteiger partial charge in [-0.05, 0) is 44.4 Å². The molecule has 0 amide bonds. The van der Waals surface area contributed by atoms with Crippen LogP contribution in [-0.2, 0) is 14.3 Å². The van der Waals surface area contributed by atoms with Crippen LogP contribution in [0.1, 0.15) is 77.6 Å². The number of carbonyl (C=O) groups excluding carboxylic acids is 2. The molecule has 2 rings (SSSR count). The lowest BCUT2D eigenvalue weighted by atomic mass is 9.71. The molecule has 1 unspecified atom stereocenters. The molecule has 2 fully saturated rings. The summed E-state index contributed by atoms with van der Waals surface area (Å²) >= 11 is 0. The molecule has 0 saturated heterocycles. The lowest BCUT2D eigenvalue weighted by Crippen LogP contribution is -2.25. The quantitative estimate of drug-likeness (QED) is 0.566. The molecule has 0 bridgehead atoms. The van der Waals surface area contributed by atoms with Crippen LogP contribution in [0.3, 0.4) is 0 Å². The predicted octanol–water partition coefficient (Wildman–Crippen LogP) is 4.04. The maximum absolute atomic E-state index is 12.2. The van der Waals surface area contributed by atoms with Gasteiger partial charge in [0.05, 0.1) is 6.61 Å². The van der Waals surface area contributed by atoms with Crippen LogP contribution in [0.5, 0.6) is 0 Å². The van der Waals surface area contributed by atoms with Gasteiger partial charge in [0.2, 0.25) is 0 Å². The molecular formula is C17H28O3. The summed E-state index contributed by atoms with van der Waals surface area (Å²) in [5.41, 5.74) is 0.331. The van der Waals surface area contributed by atoms with E-state index < -0.39 is 5.92 Å². The lowest BCUT2D eigenvalue weighted by Gasteiger charge is -2.34. The molecule has 2 aliphatic rings. The van der Waals surface area contributed by atoms with Crippen LogP contribution in [0.2, 0.25) is 0 Å². The summed E-state index contributed by atoms with van der Waals surface area (Å²) in [6.45, 7) is 2.17. The van der Waals surface area contributed by atoms with E-state index in [9.17, 15) is 9.59 Å². The number of ether oxygens (including phenoxy) is 1. The zero-order valence-corrected chi connectivity index (χ0v) is 12.8. The number of hydrogen-bond acceptors (Lipinski definition) is 3. The van der Waals surface area contributed by atoms with Crippen molar-refractivity contribution in [2.24, 2.45) is 11.3 Å². The minimum absolute atomic E-state index is 0.113. The van der Waals surface area contributed by atoms with Crippen molar-refractivity contribution in [1.29, 1.82) is 0 Å². The minimum Gasteiger partial charge on any atom is -0.465 e. The normalized spacial score (nSPS) is 27.4. The summed E-state index contributed by atoms with van der Waals surface area (Å²) in [5.74, 6) is -0.664. The smallest absolute Gasteiger partial charge is 0.316 e. The number of esters is 1. The fourth-order valence-electron chi connectivity index (χ4n) is 3.95. The molecular weight excluding hydrogens is 252 g/mol. The second-order valence-corrected chi connectivity index (χ2v) is 6.58. The standard InChI is InChI=1S/C17H28O3/c1-2-20-16(19)14-8-12-17(13-9-15(14)18)10-6-4-3-5-7-11-17/h14H,2-13H2,1H3. The monoisotopic (exact) mass is 280 g/mol. The molecule has 0 aliphatic heterocycles. The van der Waals surface area contributed by atoms with Gasteiger partial charge >= 0.3 is 5.97 Å². The third kappa shape index (κ3) is 3.83. The third-order valence-electron chi connectivity index (χ3n) is 5.24. The molecule has 2 aliphatic carbocycles. The van der Waals surface area contributed by atoms with Crippen molar-refractivity contribution in [3.05, 3.63) is 0 Å². The summed E-state index contributed by atoms with van der Waals surface area (Å²) in [4.78, 5) is 24.1. The number of hydrogen-bond donors (Lipinski definition) is 0. The second kappa shape index (κ2) is 7.24. The van der Waals surface area contributed by atoms with E-state index in [0.717, 1.165) is 12.8 Å². The second-order valence-electron chi connectivity index (χ2n) is 6.58. The Balaban J connectivity index is 2.02. The first-order valence-corrected chi connectivity index (χ1v) is 8.36. The Morgan fingerprint density at radius 1 is 1.10 bits per heavy atom. The number of carbonyl (C=O) groups is 2. The molecule has 0 aromatic heterocycles. The Morgan fingerprint density at radius 3 is 2.40 bits per heavy atom. The summed E-state index contributed by atoms with van der Waals surface area (Å²) in [6.07, 6.45) is 12.4. The first-order chi connectivity index (χ1) is 9.67. The molecule has 3 nitrogen and oxygen atoms in total. The van der Waals surface area contributed by atoms with Gasteiger partial charge in [0.1, 0.15) is 11.7 Å². The van der Waals surface area contributed by atoms with Crippen molar-refractivity contribution >= 4 is 11.8 Å². The van der Waals surface area contributed by atoms with Crippen molar-refractivity contribution in [3.63, 3.8) is 0 Å². The molecule has 0 aromatic carbocycles. The van der Waals surface area contributed by atoms with Gasteiger partial charge in [-0.3, -0.25) is 9.59 Å². The molecule has 1 atom stereocenters. The van der Waals surface area contributed by atoms with Crippen LogP contribution < -0.4 is 0 Å². The summed E-state index contributed by atoms with van der Waals surface area (Å²) in [7, 11) is 0. The van der Waals surface area contributed by atoms with E-state index in [0.29, 0.717) is 24.9 Å². The SMILES string of the molecule is CCOC(=O)C1CCC2(CCCCCCC2)CCC1=O. The predicted molar refractivity (Wildman–Crippen MR) is 78.4 cm³/mol. The zero-order valence-electron chi connectivity index (χ0n) is 12.8. The summed E-state index contributed by atoms with van der Waals surface area (Å²) in [5, 5.41) is 0. The molecule has 20 heavy (non-hydrogen) atoms. The van der Waals surface area contributed by atoms with Crippen molar-refractivity contribution in [2.45, 2.75) is 77.6 Å².